The third-order valence-electron chi connectivity index (χ3n) is 1.29. The highest BCUT2D eigenvalue weighted by Gasteiger charge is 2.05. The Morgan fingerprint density at radius 3 is 3.08 bits per heavy atom. The van der Waals surface area contributed by atoms with E-state index in [2.05, 4.69) is 9.97 Å². The van der Waals surface area contributed by atoms with Crippen LogP contribution in [-0.2, 0) is 0 Å². The number of hydrogen-bond donors (Lipinski definition) is 1. The Bertz CT molecular complexity index is 301. The molecule has 0 spiro atoms. The van der Waals surface area contributed by atoms with Gasteiger partial charge in [-0.25, -0.2) is 9.78 Å². The largest absolute Gasteiger partial charge is 0.477 e. The van der Waals surface area contributed by atoms with E-state index in [-0.39, 0.29) is 11.7 Å². The highest BCUT2D eigenvalue weighted by atomic mass is 16.5. The lowest BCUT2D eigenvalue weighted by Crippen LogP contribution is -2.05. The summed E-state index contributed by atoms with van der Waals surface area (Å²) in [6.07, 6.45) is 2.20. The van der Waals surface area contributed by atoms with Crippen LogP contribution in [0.15, 0.2) is 12.3 Å². The minimum Gasteiger partial charge on any atom is -0.477 e. The Balaban J connectivity index is 2.73. The van der Waals surface area contributed by atoms with Gasteiger partial charge >= 0.3 is 12.0 Å². The van der Waals surface area contributed by atoms with Gasteiger partial charge in [0, 0.05) is 6.20 Å². The molecule has 0 unspecified atom stereocenters. The van der Waals surface area contributed by atoms with Crippen molar-refractivity contribution in [1.29, 1.82) is 0 Å². The molecule has 0 fully saturated rings. The van der Waals surface area contributed by atoms with Crippen LogP contribution in [-0.4, -0.2) is 27.7 Å². The predicted molar refractivity (Wildman–Crippen MR) is 44.8 cm³/mol. The van der Waals surface area contributed by atoms with Crippen molar-refractivity contribution in [2.45, 2.75) is 13.3 Å². The smallest absolute Gasteiger partial charge is 0.354 e. The third kappa shape index (κ3) is 2.70. The fourth-order valence-corrected chi connectivity index (χ4v) is 0.723. The zero-order valence-corrected chi connectivity index (χ0v) is 7.23. The van der Waals surface area contributed by atoms with E-state index < -0.39 is 5.97 Å². The first-order valence-corrected chi connectivity index (χ1v) is 3.93. The first-order valence-electron chi connectivity index (χ1n) is 3.93. The van der Waals surface area contributed by atoms with Crippen LogP contribution < -0.4 is 4.74 Å². The predicted octanol–water partition coefficient (Wildman–Crippen LogP) is 0.964. The summed E-state index contributed by atoms with van der Waals surface area (Å²) in [4.78, 5) is 17.9. The third-order valence-corrected chi connectivity index (χ3v) is 1.29. The van der Waals surface area contributed by atoms with E-state index in [4.69, 9.17) is 9.84 Å². The molecular weight excluding hydrogens is 172 g/mol. The summed E-state index contributed by atoms with van der Waals surface area (Å²) >= 11 is 0. The molecule has 70 valence electrons. The fraction of sp³-hybridized carbons (Fsp3) is 0.375. The van der Waals surface area contributed by atoms with E-state index in [0.717, 1.165) is 6.42 Å². The van der Waals surface area contributed by atoms with Crippen LogP contribution in [0.3, 0.4) is 0 Å². The molecule has 0 bridgehead atoms. The number of ether oxygens (including phenoxy) is 1. The summed E-state index contributed by atoms with van der Waals surface area (Å²) in [6.45, 7) is 2.43. The number of aromatic nitrogens is 2. The Labute approximate surface area is 75.4 Å². The fourth-order valence-electron chi connectivity index (χ4n) is 0.723. The Hall–Kier alpha value is -1.65. The number of carboxylic acids is 1. The van der Waals surface area contributed by atoms with Gasteiger partial charge in [0.25, 0.3) is 0 Å². The highest BCUT2D eigenvalue weighted by Crippen LogP contribution is 2.02. The second-order valence-electron chi connectivity index (χ2n) is 2.38. The van der Waals surface area contributed by atoms with Gasteiger partial charge in [0.05, 0.1) is 6.61 Å². The van der Waals surface area contributed by atoms with E-state index in [1.165, 1.54) is 12.3 Å². The molecule has 13 heavy (non-hydrogen) atoms. The monoisotopic (exact) mass is 182 g/mol. The maximum atomic E-state index is 10.5. The van der Waals surface area contributed by atoms with E-state index in [1.54, 1.807) is 0 Å². The van der Waals surface area contributed by atoms with Crippen molar-refractivity contribution >= 4 is 5.97 Å². The molecule has 0 saturated heterocycles. The molecule has 0 saturated carbocycles. The summed E-state index contributed by atoms with van der Waals surface area (Å²) < 4.78 is 5.06. The summed E-state index contributed by atoms with van der Waals surface area (Å²) in [7, 11) is 0. The molecule has 1 N–H and O–H groups in total. The lowest BCUT2D eigenvalue weighted by molar-refractivity contribution is 0.0688. The molecule has 0 aliphatic carbocycles. The maximum absolute atomic E-state index is 10.5. The van der Waals surface area contributed by atoms with Crippen LogP contribution >= 0.6 is 0 Å². The van der Waals surface area contributed by atoms with Gasteiger partial charge in [-0.1, -0.05) is 6.92 Å². The first-order chi connectivity index (χ1) is 6.24. The van der Waals surface area contributed by atoms with Crippen LogP contribution in [0.1, 0.15) is 23.8 Å². The van der Waals surface area contributed by atoms with Gasteiger partial charge < -0.3 is 9.84 Å². The first kappa shape index (κ1) is 9.44. The van der Waals surface area contributed by atoms with E-state index >= 15 is 0 Å². The number of carbonyl (C=O) groups is 1. The maximum Gasteiger partial charge on any atom is 0.354 e. The second-order valence-corrected chi connectivity index (χ2v) is 2.38. The molecule has 0 aliphatic rings. The van der Waals surface area contributed by atoms with Crippen molar-refractivity contribution in [1.82, 2.24) is 9.97 Å². The van der Waals surface area contributed by atoms with Crippen LogP contribution in [0.2, 0.25) is 0 Å². The van der Waals surface area contributed by atoms with Gasteiger partial charge in [0.15, 0.2) is 5.69 Å². The summed E-state index contributed by atoms with van der Waals surface area (Å²) in [5.74, 6) is -1.08. The highest BCUT2D eigenvalue weighted by molar-refractivity contribution is 5.85. The molecule has 0 amide bonds. The molecule has 0 aliphatic heterocycles. The van der Waals surface area contributed by atoms with E-state index in [0.29, 0.717) is 6.61 Å². The van der Waals surface area contributed by atoms with Crippen LogP contribution in [0.4, 0.5) is 0 Å². The van der Waals surface area contributed by atoms with E-state index in [1.807, 2.05) is 6.92 Å². The Kier molecular flexibility index (Phi) is 3.19. The average Bonchev–Trinajstić information content (AvgIpc) is 2.15. The van der Waals surface area contributed by atoms with Crippen molar-refractivity contribution in [3.8, 4) is 6.01 Å². The quantitative estimate of drug-likeness (QED) is 0.750. The van der Waals surface area contributed by atoms with Crippen molar-refractivity contribution in [3.05, 3.63) is 18.0 Å². The molecule has 1 aromatic rings. The summed E-state index contributed by atoms with van der Waals surface area (Å²) in [5, 5.41) is 8.59. The molecule has 1 rings (SSSR count). The second kappa shape index (κ2) is 4.39. The van der Waals surface area contributed by atoms with Crippen LogP contribution in [0.5, 0.6) is 6.01 Å². The van der Waals surface area contributed by atoms with Gasteiger partial charge in [-0.2, -0.15) is 4.98 Å². The van der Waals surface area contributed by atoms with Gasteiger partial charge in [0.2, 0.25) is 0 Å². The molecule has 1 heterocycles. The molecule has 1 aromatic heterocycles. The van der Waals surface area contributed by atoms with Gasteiger partial charge in [-0.05, 0) is 12.5 Å². The normalized spacial score (nSPS) is 9.62. The minimum atomic E-state index is -1.08. The number of rotatable bonds is 4. The van der Waals surface area contributed by atoms with Crippen LogP contribution in [0.25, 0.3) is 0 Å². The molecule has 0 atom stereocenters. The lowest BCUT2D eigenvalue weighted by Gasteiger charge is -2.01. The van der Waals surface area contributed by atoms with Crippen molar-refractivity contribution in [2.75, 3.05) is 6.61 Å². The molecule has 0 radical (unpaired) electrons. The van der Waals surface area contributed by atoms with Gasteiger partial charge in [0.1, 0.15) is 0 Å². The number of nitrogens with zero attached hydrogens (tertiary/aromatic N) is 2. The Morgan fingerprint density at radius 1 is 1.69 bits per heavy atom. The SMILES string of the molecule is CCCOc1nccc(C(=O)O)n1. The average molecular weight is 182 g/mol. The topological polar surface area (TPSA) is 72.3 Å². The van der Waals surface area contributed by atoms with Crippen molar-refractivity contribution < 1.29 is 14.6 Å². The number of carboxylic acid groups (broad SMARTS) is 1. The van der Waals surface area contributed by atoms with Gasteiger partial charge in [-0.15, -0.1) is 0 Å². The summed E-state index contributed by atoms with van der Waals surface area (Å²) in [5.41, 5.74) is -0.0545. The molecular formula is C8H10N2O3. The Morgan fingerprint density at radius 2 is 2.46 bits per heavy atom. The molecule has 5 nitrogen and oxygen atoms in total. The standard InChI is InChI=1S/C8H10N2O3/c1-2-5-13-8-9-4-3-6(10-8)7(11)12/h3-4H,2,5H2,1H3,(H,11,12). The number of aromatic carboxylic acids is 1. The molecule has 0 aromatic carbocycles. The van der Waals surface area contributed by atoms with Crippen molar-refractivity contribution in [3.63, 3.8) is 0 Å². The summed E-state index contributed by atoms with van der Waals surface area (Å²) in [6, 6.07) is 1.43. The van der Waals surface area contributed by atoms with Crippen molar-refractivity contribution in [2.24, 2.45) is 0 Å². The van der Waals surface area contributed by atoms with E-state index in [9.17, 15) is 4.79 Å². The van der Waals surface area contributed by atoms with Gasteiger partial charge in [-0.3, -0.25) is 0 Å². The zero-order chi connectivity index (χ0) is 9.68. The lowest BCUT2D eigenvalue weighted by atomic mass is 10.4. The zero-order valence-electron chi connectivity index (χ0n) is 7.23. The minimum absolute atomic E-state index is 0.0545. The molecule has 5 heteroatoms. The number of hydrogen-bond acceptors (Lipinski definition) is 4. The van der Waals surface area contributed by atoms with Crippen LogP contribution in [0, 0.1) is 0 Å².